The topological polar surface area (TPSA) is 14.2 Å². The molecule has 0 radical (unpaired) electrons. The van der Waals surface area contributed by atoms with E-state index in [-0.39, 0.29) is 5.92 Å². The number of rotatable bonds is 5. The molecular weight excluding hydrogens is 462 g/mol. The minimum Gasteiger partial charge on any atom is -0.461 e. The summed E-state index contributed by atoms with van der Waals surface area (Å²) in [6.07, 6.45) is 7.03. The highest BCUT2D eigenvalue weighted by Crippen LogP contribution is 2.52. The summed E-state index contributed by atoms with van der Waals surface area (Å²) < 4.78 is 9.01. The largest absolute Gasteiger partial charge is 0.461 e. The van der Waals surface area contributed by atoms with Crippen LogP contribution in [-0.4, -0.2) is 4.57 Å². The van der Waals surface area contributed by atoms with Crippen molar-refractivity contribution >= 4 is 27.5 Å². The smallest absolute Gasteiger partial charge is 0.131 e. The first-order chi connectivity index (χ1) is 18.6. The van der Waals surface area contributed by atoms with Crippen molar-refractivity contribution in [1.82, 2.24) is 4.57 Å². The molecule has 0 fully saturated rings. The van der Waals surface area contributed by atoms with E-state index in [1.165, 1.54) is 56.2 Å². The highest BCUT2D eigenvalue weighted by Gasteiger charge is 2.38. The van der Waals surface area contributed by atoms with Gasteiger partial charge in [0.05, 0.1) is 17.0 Å². The number of aromatic nitrogens is 1. The van der Waals surface area contributed by atoms with Gasteiger partial charge in [-0.2, -0.15) is 0 Å². The summed E-state index contributed by atoms with van der Waals surface area (Å²) in [7, 11) is 0. The summed E-state index contributed by atoms with van der Waals surface area (Å²) in [5.74, 6) is 3.25. The normalized spacial score (nSPS) is 19.0. The lowest BCUT2D eigenvalue weighted by molar-refractivity contribution is 0.404. The van der Waals surface area contributed by atoms with Crippen LogP contribution in [0, 0.1) is 11.8 Å². The Balaban J connectivity index is 1.35. The van der Waals surface area contributed by atoms with E-state index in [1.54, 1.807) is 0 Å². The van der Waals surface area contributed by atoms with Gasteiger partial charge in [-0.15, -0.1) is 0 Å². The molecule has 0 saturated heterocycles. The number of para-hydroxylation sites is 1. The fourth-order valence-electron chi connectivity index (χ4n) is 6.47. The molecule has 38 heavy (non-hydrogen) atoms. The SMILES string of the molecule is CC[C@@H](C)Cc1ccc2c(c1)c1ccccc1n2C1=CC(C)C2C(=C1)Oc1cccc(-c3ccccc3)c12. The first kappa shape index (κ1) is 23.1. The Kier molecular flexibility index (Phi) is 5.51. The van der Waals surface area contributed by atoms with Gasteiger partial charge in [0.25, 0.3) is 0 Å². The van der Waals surface area contributed by atoms with Crippen LogP contribution in [-0.2, 0) is 6.42 Å². The van der Waals surface area contributed by atoms with Crippen molar-refractivity contribution in [2.45, 2.75) is 39.5 Å². The van der Waals surface area contributed by atoms with Gasteiger partial charge >= 0.3 is 0 Å². The van der Waals surface area contributed by atoms with E-state index in [1.807, 2.05) is 0 Å². The Morgan fingerprint density at radius 3 is 2.47 bits per heavy atom. The lowest BCUT2D eigenvalue weighted by atomic mass is 9.80. The monoisotopic (exact) mass is 495 g/mol. The van der Waals surface area contributed by atoms with Gasteiger partial charge in [-0.1, -0.05) is 100.0 Å². The molecular formula is C36H33NO. The second-order valence-electron chi connectivity index (χ2n) is 11.1. The highest BCUT2D eigenvalue weighted by molar-refractivity contribution is 6.10. The van der Waals surface area contributed by atoms with Crippen LogP contribution in [0.5, 0.6) is 5.75 Å². The minimum atomic E-state index is 0.223. The van der Waals surface area contributed by atoms with E-state index in [0.717, 1.165) is 17.9 Å². The third-order valence-electron chi connectivity index (χ3n) is 8.52. The third-order valence-corrected chi connectivity index (χ3v) is 8.52. The Morgan fingerprint density at radius 1 is 0.842 bits per heavy atom. The van der Waals surface area contributed by atoms with Crippen molar-refractivity contribution < 1.29 is 4.74 Å². The molecule has 2 aliphatic rings. The Hall–Kier alpha value is -4.04. The van der Waals surface area contributed by atoms with Crippen molar-refractivity contribution in [2.24, 2.45) is 11.8 Å². The number of hydrogen-bond acceptors (Lipinski definition) is 1. The van der Waals surface area contributed by atoms with Gasteiger partial charge in [0.2, 0.25) is 0 Å². The molecule has 0 saturated carbocycles. The second kappa shape index (κ2) is 9.06. The quantitative estimate of drug-likeness (QED) is 0.237. The summed E-state index contributed by atoms with van der Waals surface area (Å²) in [4.78, 5) is 0. The average Bonchev–Trinajstić information content (AvgIpc) is 3.49. The van der Waals surface area contributed by atoms with E-state index in [2.05, 4.69) is 128 Å². The molecule has 4 aromatic carbocycles. The highest BCUT2D eigenvalue weighted by atomic mass is 16.5. The third kappa shape index (κ3) is 3.62. The van der Waals surface area contributed by atoms with Crippen LogP contribution in [0.15, 0.2) is 109 Å². The van der Waals surface area contributed by atoms with Crippen LogP contribution in [0.4, 0.5) is 0 Å². The lowest BCUT2D eigenvalue weighted by Gasteiger charge is -2.25. The summed E-state index contributed by atoms with van der Waals surface area (Å²) in [5.41, 5.74) is 8.94. The maximum absolute atomic E-state index is 6.58. The zero-order chi connectivity index (χ0) is 25.8. The average molecular weight is 496 g/mol. The molecule has 0 bridgehead atoms. The van der Waals surface area contributed by atoms with E-state index in [9.17, 15) is 0 Å². The first-order valence-corrected chi connectivity index (χ1v) is 13.9. The molecule has 2 heteroatoms. The van der Waals surface area contributed by atoms with Crippen molar-refractivity contribution in [2.75, 3.05) is 0 Å². The van der Waals surface area contributed by atoms with Crippen LogP contribution in [0.3, 0.4) is 0 Å². The number of hydrogen-bond donors (Lipinski definition) is 0. The molecule has 7 rings (SSSR count). The molecule has 2 heterocycles. The van der Waals surface area contributed by atoms with E-state index >= 15 is 0 Å². The van der Waals surface area contributed by atoms with Gasteiger partial charge in [-0.3, -0.25) is 0 Å². The molecule has 3 atom stereocenters. The number of ether oxygens (including phenoxy) is 1. The number of nitrogens with zero attached hydrogens (tertiary/aromatic N) is 1. The fraction of sp³-hybridized carbons (Fsp3) is 0.222. The summed E-state index contributed by atoms with van der Waals surface area (Å²) in [6.45, 7) is 6.95. The molecule has 1 aliphatic carbocycles. The first-order valence-electron chi connectivity index (χ1n) is 13.9. The van der Waals surface area contributed by atoms with Crippen LogP contribution in [0.25, 0.3) is 38.6 Å². The van der Waals surface area contributed by atoms with Crippen molar-refractivity contribution in [3.63, 3.8) is 0 Å². The molecule has 0 spiro atoms. The Labute approximate surface area is 224 Å². The van der Waals surface area contributed by atoms with Gasteiger partial charge < -0.3 is 9.30 Å². The van der Waals surface area contributed by atoms with Crippen LogP contribution in [0.1, 0.15) is 44.2 Å². The van der Waals surface area contributed by atoms with Gasteiger partial charge in [0.1, 0.15) is 11.5 Å². The molecule has 5 aromatic rings. The standard InChI is InChI=1S/C36H33NO/c1-4-23(2)19-25-17-18-32-30(21-25)29-13-8-9-15-31(29)37(32)27-20-24(3)35-34(22-27)38-33-16-10-14-28(36(33)35)26-11-6-5-7-12-26/h5-18,20-24,35H,4,19H2,1-3H3/t23-,24?,35?/m1/s1. The predicted molar refractivity (Wildman–Crippen MR) is 159 cm³/mol. The molecule has 0 N–H and O–H groups in total. The van der Waals surface area contributed by atoms with Gasteiger partial charge in [-0.05, 0) is 59.2 Å². The van der Waals surface area contributed by atoms with Crippen molar-refractivity contribution in [3.05, 3.63) is 120 Å². The molecule has 188 valence electrons. The van der Waals surface area contributed by atoms with E-state index < -0.39 is 0 Å². The number of allylic oxidation sites excluding steroid dienone is 4. The Bertz CT molecular complexity index is 1740. The van der Waals surface area contributed by atoms with Gasteiger partial charge in [0.15, 0.2) is 0 Å². The second-order valence-corrected chi connectivity index (χ2v) is 11.1. The summed E-state index contributed by atoms with van der Waals surface area (Å²) in [5, 5.41) is 2.64. The number of benzene rings is 4. The maximum Gasteiger partial charge on any atom is 0.131 e. The fourth-order valence-corrected chi connectivity index (χ4v) is 6.47. The van der Waals surface area contributed by atoms with Crippen LogP contribution >= 0.6 is 0 Å². The maximum atomic E-state index is 6.58. The minimum absolute atomic E-state index is 0.223. The van der Waals surface area contributed by atoms with Crippen molar-refractivity contribution in [1.29, 1.82) is 0 Å². The van der Waals surface area contributed by atoms with E-state index in [0.29, 0.717) is 11.8 Å². The Morgan fingerprint density at radius 2 is 1.63 bits per heavy atom. The van der Waals surface area contributed by atoms with Gasteiger partial charge in [0, 0.05) is 28.1 Å². The van der Waals surface area contributed by atoms with Crippen LogP contribution in [0.2, 0.25) is 0 Å². The molecule has 2 unspecified atom stereocenters. The molecule has 1 aliphatic heterocycles. The number of fused-ring (bicyclic) bond motifs is 6. The van der Waals surface area contributed by atoms with Crippen LogP contribution < -0.4 is 4.74 Å². The lowest BCUT2D eigenvalue weighted by Crippen LogP contribution is -2.15. The summed E-state index contributed by atoms with van der Waals surface area (Å²) >= 11 is 0. The van der Waals surface area contributed by atoms with Gasteiger partial charge in [-0.25, -0.2) is 0 Å². The molecule has 1 aromatic heterocycles. The zero-order valence-electron chi connectivity index (χ0n) is 22.3. The molecule has 0 amide bonds. The molecule has 2 nitrogen and oxygen atoms in total. The zero-order valence-corrected chi connectivity index (χ0v) is 22.3. The van der Waals surface area contributed by atoms with E-state index in [4.69, 9.17) is 4.74 Å². The summed E-state index contributed by atoms with van der Waals surface area (Å²) in [6, 6.07) is 33.0. The van der Waals surface area contributed by atoms with Crippen molar-refractivity contribution in [3.8, 4) is 16.9 Å². The predicted octanol–water partition coefficient (Wildman–Crippen LogP) is 9.60.